The zero-order valence-corrected chi connectivity index (χ0v) is 9.96. The minimum Gasteiger partial charge on any atom is -0.257 e. The molecule has 0 aliphatic carbocycles. The van der Waals surface area contributed by atoms with Gasteiger partial charge in [0.25, 0.3) is 0 Å². The van der Waals surface area contributed by atoms with Gasteiger partial charge in [0.1, 0.15) is 0 Å². The highest BCUT2D eigenvalue weighted by Gasteiger charge is 2.09. The van der Waals surface area contributed by atoms with Crippen molar-refractivity contribution in [1.82, 2.24) is 4.98 Å². The Kier molecular flexibility index (Phi) is 3.68. The molecule has 0 fully saturated rings. The molecule has 1 aromatic heterocycles. The summed E-state index contributed by atoms with van der Waals surface area (Å²) >= 11 is 0. The van der Waals surface area contributed by atoms with Crippen LogP contribution in [0.1, 0.15) is 63.4 Å². The summed E-state index contributed by atoms with van der Waals surface area (Å²) in [5.74, 6) is 1.11. The molecule has 1 heterocycles. The molecule has 0 bridgehead atoms. The molecule has 0 saturated carbocycles. The van der Waals surface area contributed by atoms with Crippen molar-refractivity contribution in [3.63, 3.8) is 0 Å². The van der Waals surface area contributed by atoms with E-state index in [-0.39, 0.29) is 0 Å². The van der Waals surface area contributed by atoms with Crippen molar-refractivity contribution in [3.8, 4) is 0 Å². The number of hydrogen-bond acceptors (Lipinski definition) is 1. The Balaban J connectivity index is 3.11. The van der Waals surface area contributed by atoms with Gasteiger partial charge in [-0.25, -0.2) is 0 Å². The van der Waals surface area contributed by atoms with Crippen LogP contribution in [-0.4, -0.2) is 4.98 Å². The molecule has 14 heavy (non-hydrogen) atoms. The molecule has 0 amide bonds. The molecule has 0 unspecified atom stereocenters. The fraction of sp³-hybridized carbons (Fsp3) is 0.615. The first-order valence-corrected chi connectivity index (χ1v) is 5.56. The molecule has 1 nitrogen and oxygen atoms in total. The third-order valence-electron chi connectivity index (χ3n) is 2.58. The summed E-state index contributed by atoms with van der Waals surface area (Å²) in [5.41, 5.74) is 3.88. The van der Waals surface area contributed by atoms with E-state index < -0.39 is 0 Å². The van der Waals surface area contributed by atoms with Crippen LogP contribution >= 0.6 is 0 Å². The average molecular weight is 191 g/mol. The van der Waals surface area contributed by atoms with E-state index in [2.05, 4.69) is 46.8 Å². The Morgan fingerprint density at radius 1 is 1.07 bits per heavy atom. The lowest BCUT2D eigenvalue weighted by Crippen LogP contribution is -2.02. The van der Waals surface area contributed by atoms with E-state index >= 15 is 0 Å². The van der Waals surface area contributed by atoms with Crippen molar-refractivity contribution in [3.05, 3.63) is 29.1 Å². The molecule has 0 spiro atoms. The number of nitrogens with zero attached hydrogens (tertiary/aromatic N) is 1. The van der Waals surface area contributed by atoms with E-state index in [0.29, 0.717) is 11.8 Å². The van der Waals surface area contributed by atoms with E-state index in [0.717, 1.165) is 6.42 Å². The van der Waals surface area contributed by atoms with Gasteiger partial charge in [-0.2, -0.15) is 0 Å². The highest BCUT2D eigenvalue weighted by Crippen LogP contribution is 2.21. The molecule has 1 heteroatoms. The molecular formula is C13H21N. The zero-order chi connectivity index (χ0) is 10.7. The predicted molar refractivity (Wildman–Crippen MR) is 61.8 cm³/mol. The highest BCUT2D eigenvalue weighted by atomic mass is 14.7. The Hall–Kier alpha value is -0.850. The highest BCUT2D eigenvalue weighted by molar-refractivity contribution is 5.27. The van der Waals surface area contributed by atoms with E-state index in [9.17, 15) is 0 Å². The second-order valence-corrected chi connectivity index (χ2v) is 4.43. The summed E-state index contributed by atoms with van der Waals surface area (Å²) in [6, 6.07) is 4.41. The van der Waals surface area contributed by atoms with Crippen LogP contribution in [0.25, 0.3) is 0 Å². The number of aromatic nitrogens is 1. The molecular weight excluding hydrogens is 170 g/mol. The average Bonchev–Trinajstić information content (AvgIpc) is 2.16. The van der Waals surface area contributed by atoms with Gasteiger partial charge >= 0.3 is 0 Å². The van der Waals surface area contributed by atoms with Crippen molar-refractivity contribution in [1.29, 1.82) is 0 Å². The largest absolute Gasteiger partial charge is 0.257 e. The molecule has 0 atom stereocenters. The van der Waals surface area contributed by atoms with Gasteiger partial charge in [0.2, 0.25) is 0 Å². The number of pyridine rings is 1. The summed E-state index contributed by atoms with van der Waals surface area (Å²) in [5, 5.41) is 0. The van der Waals surface area contributed by atoms with Crippen LogP contribution in [0.3, 0.4) is 0 Å². The molecule has 0 aliphatic heterocycles. The lowest BCUT2D eigenvalue weighted by Gasteiger charge is -2.13. The Labute approximate surface area is 87.6 Å². The Morgan fingerprint density at radius 3 is 2.14 bits per heavy atom. The molecule has 0 N–H and O–H groups in total. The van der Waals surface area contributed by atoms with Crippen molar-refractivity contribution in [2.24, 2.45) is 0 Å². The SMILES string of the molecule is CCc1nc(C(C)C)ccc1C(C)C. The lowest BCUT2D eigenvalue weighted by molar-refractivity contribution is 0.773. The standard InChI is InChI=1S/C13H21N/c1-6-12-11(9(2)3)7-8-13(14-12)10(4)5/h7-10H,6H2,1-5H3. The zero-order valence-electron chi connectivity index (χ0n) is 9.96. The first-order valence-electron chi connectivity index (χ1n) is 5.56. The van der Waals surface area contributed by atoms with Gasteiger partial charge in [0.05, 0.1) is 0 Å². The third-order valence-corrected chi connectivity index (χ3v) is 2.58. The van der Waals surface area contributed by atoms with Gasteiger partial charge in [0.15, 0.2) is 0 Å². The molecule has 1 aromatic rings. The van der Waals surface area contributed by atoms with Gasteiger partial charge in [0, 0.05) is 11.4 Å². The molecule has 0 saturated heterocycles. The summed E-state index contributed by atoms with van der Waals surface area (Å²) < 4.78 is 0. The van der Waals surface area contributed by atoms with Gasteiger partial charge in [-0.3, -0.25) is 4.98 Å². The second kappa shape index (κ2) is 4.59. The monoisotopic (exact) mass is 191 g/mol. The van der Waals surface area contributed by atoms with Gasteiger partial charge in [-0.15, -0.1) is 0 Å². The normalized spacial score (nSPS) is 11.4. The van der Waals surface area contributed by atoms with Crippen molar-refractivity contribution >= 4 is 0 Å². The summed E-state index contributed by atoms with van der Waals surface area (Å²) in [7, 11) is 0. The minimum atomic E-state index is 0.529. The summed E-state index contributed by atoms with van der Waals surface area (Å²) in [6.07, 6.45) is 1.04. The topological polar surface area (TPSA) is 12.9 Å². The van der Waals surface area contributed by atoms with Crippen LogP contribution in [0.4, 0.5) is 0 Å². The van der Waals surface area contributed by atoms with E-state index in [1.165, 1.54) is 17.0 Å². The van der Waals surface area contributed by atoms with E-state index in [1.807, 2.05) is 0 Å². The first kappa shape index (κ1) is 11.2. The van der Waals surface area contributed by atoms with Crippen molar-refractivity contribution < 1.29 is 0 Å². The van der Waals surface area contributed by atoms with Crippen molar-refractivity contribution in [2.75, 3.05) is 0 Å². The van der Waals surface area contributed by atoms with Crippen LogP contribution in [-0.2, 0) is 6.42 Å². The number of rotatable bonds is 3. The predicted octanol–water partition coefficient (Wildman–Crippen LogP) is 3.89. The van der Waals surface area contributed by atoms with Gasteiger partial charge in [-0.1, -0.05) is 40.7 Å². The first-order chi connectivity index (χ1) is 6.56. The van der Waals surface area contributed by atoms with Gasteiger partial charge < -0.3 is 0 Å². The Morgan fingerprint density at radius 2 is 1.71 bits per heavy atom. The quantitative estimate of drug-likeness (QED) is 0.706. The molecule has 1 rings (SSSR count). The minimum absolute atomic E-state index is 0.529. The Bertz CT molecular complexity index is 300. The smallest absolute Gasteiger partial charge is 0.0438 e. The maximum Gasteiger partial charge on any atom is 0.0438 e. The summed E-state index contributed by atoms with van der Waals surface area (Å²) in [6.45, 7) is 11.0. The van der Waals surface area contributed by atoms with E-state index in [4.69, 9.17) is 4.98 Å². The summed E-state index contributed by atoms with van der Waals surface area (Å²) in [4.78, 5) is 4.71. The van der Waals surface area contributed by atoms with Crippen molar-refractivity contribution in [2.45, 2.75) is 52.9 Å². The third kappa shape index (κ3) is 2.34. The van der Waals surface area contributed by atoms with Crippen LogP contribution in [0.5, 0.6) is 0 Å². The van der Waals surface area contributed by atoms with Crippen LogP contribution in [0.2, 0.25) is 0 Å². The fourth-order valence-electron chi connectivity index (χ4n) is 1.66. The second-order valence-electron chi connectivity index (χ2n) is 4.43. The molecule has 0 radical (unpaired) electrons. The van der Waals surface area contributed by atoms with Crippen LogP contribution in [0.15, 0.2) is 12.1 Å². The van der Waals surface area contributed by atoms with E-state index in [1.54, 1.807) is 0 Å². The molecule has 0 aromatic carbocycles. The van der Waals surface area contributed by atoms with Crippen LogP contribution < -0.4 is 0 Å². The lowest BCUT2D eigenvalue weighted by atomic mass is 9.98. The maximum atomic E-state index is 4.71. The van der Waals surface area contributed by atoms with Crippen LogP contribution in [0, 0.1) is 0 Å². The van der Waals surface area contributed by atoms with Gasteiger partial charge in [-0.05, 0) is 29.9 Å². The maximum absolute atomic E-state index is 4.71. The fourth-order valence-corrected chi connectivity index (χ4v) is 1.66. The molecule has 78 valence electrons. The number of hydrogen-bond donors (Lipinski definition) is 0. The number of aryl methyl sites for hydroxylation is 1. The molecule has 0 aliphatic rings.